The van der Waals surface area contributed by atoms with E-state index in [1.165, 1.54) is 0 Å². The van der Waals surface area contributed by atoms with E-state index < -0.39 is 103 Å². The molecule has 0 unspecified atom stereocenters. The molecule has 10 N–H and O–H groups in total. The van der Waals surface area contributed by atoms with Crippen LogP contribution in [0.15, 0.2) is 0 Å². The molecule has 0 aliphatic carbocycles. The molecule has 0 fully saturated rings. The van der Waals surface area contributed by atoms with E-state index in [9.17, 15) is 43.2 Å². The van der Waals surface area contributed by atoms with Gasteiger partial charge in [-0.05, 0) is 0 Å². The van der Waals surface area contributed by atoms with Crippen molar-refractivity contribution in [2.24, 2.45) is 0 Å². The number of aliphatic hydroxyl groups is 2. The van der Waals surface area contributed by atoms with Gasteiger partial charge in [0.1, 0.15) is 0 Å². The van der Waals surface area contributed by atoms with Crippen LogP contribution in [0.3, 0.4) is 0 Å². The van der Waals surface area contributed by atoms with E-state index in [0.717, 1.165) is 0 Å². The highest BCUT2D eigenvalue weighted by Crippen LogP contribution is 2.16. The predicted octanol–water partition coefficient (Wildman–Crippen LogP) is -2.99. The minimum absolute atomic E-state index is 0.425. The number of ketones is 1. The van der Waals surface area contributed by atoms with E-state index in [1.807, 2.05) is 0 Å². The van der Waals surface area contributed by atoms with E-state index in [1.54, 1.807) is 0 Å². The summed E-state index contributed by atoms with van der Waals surface area (Å²) in [6, 6.07) is 0. The van der Waals surface area contributed by atoms with Crippen LogP contribution in [-0.2, 0) is 43.2 Å². The lowest BCUT2D eigenvalue weighted by Gasteiger charge is -2.18. The van der Waals surface area contributed by atoms with Gasteiger partial charge in [-0.15, -0.1) is 0 Å². The van der Waals surface area contributed by atoms with E-state index in [-0.39, 0.29) is 0 Å². The van der Waals surface area contributed by atoms with Gasteiger partial charge in [0.2, 0.25) is 5.78 Å². The lowest BCUT2D eigenvalue weighted by molar-refractivity contribution is -0.170. The van der Waals surface area contributed by atoms with Gasteiger partial charge in [0.25, 0.3) is 0 Å². The summed E-state index contributed by atoms with van der Waals surface area (Å²) >= 11 is 0. The number of rotatable bonds is 14. The average Bonchev–Trinajstić information content (AvgIpc) is 2.64. The van der Waals surface area contributed by atoms with Crippen LogP contribution in [-0.4, -0.2) is 116 Å². The molecule has 0 spiro atoms. The minimum atomic E-state index is -2.74. The van der Waals surface area contributed by atoms with Crippen LogP contribution in [0, 0.1) is 0 Å². The molecule has 0 bridgehead atoms. The van der Waals surface area contributed by atoms with Crippen molar-refractivity contribution in [1.29, 1.82) is 0 Å². The molecule has 0 rings (SSSR count). The molecule has 0 aromatic rings. The Morgan fingerprint density at radius 3 is 0.806 bits per heavy atom. The predicted molar refractivity (Wildman–Crippen MR) is 104 cm³/mol. The van der Waals surface area contributed by atoms with Crippen molar-refractivity contribution in [3.05, 3.63) is 0 Å². The molecule has 0 atom stereocenters. The van der Waals surface area contributed by atoms with Crippen LogP contribution < -0.4 is 0 Å². The Bertz CT molecular complexity index is 800. The Morgan fingerprint density at radius 2 is 0.667 bits per heavy atom. The van der Waals surface area contributed by atoms with Gasteiger partial charge in [-0.2, -0.15) is 0 Å². The largest absolute Gasteiger partial charge is 0.481 e. The standard InChI is InChI=1S/2C6H8O7.C5H6O5/c2*7-3(8)1-6(13,5(11)12)2-4(9)10;6-3(5(9)10)1-2-4(7)8/h2*13H,1-2H2,(H,7,8)(H,9,10)(H,11,12);1-2H2,(H,7,8)(H,9,10). The third kappa shape index (κ3) is 17.9. The molecule has 0 aromatic heterocycles. The topological polar surface area (TPSA) is 356 Å². The molecule has 0 amide bonds. The Kier molecular flexibility index (Phi) is 16.0. The molecular weight excluding hydrogens is 508 g/mol. The summed E-state index contributed by atoms with van der Waals surface area (Å²) in [4.78, 5) is 90.7. The molecule has 0 aliphatic rings. The molecule has 36 heavy (non-hydrogen) atoms. The van der Waals surface area contributed by atoms with Gasteiger partial charge in [0, 0.05) is 6.42 Å². The van der Waals surface area contributed by atoms with Crippen LogP contribution in [0.1, 0.15) is 38.5 Å². The van der Waals surface area contributed by atoms with Crippen LogP contribution >= 0.6 is 0 Å². The molecule has 0 aliphatic heterocycles. The van der Waals surface area contributed by atoms with Gasteiger partial charge in [-0.25, -0.2) is 14.4 Å². The van der Waals surface area contributed by atoms with Gasteiger partial charge in [0.15, 0.2) is 11.2 Å². The number of aliphatic carboxylic acids is 8. The molecule has 19 heteroatoms. The molecule has 0 radical (unpaired) electrons. The summed E-state index contributed by atoms with van der Waals surface area (Å²) in [5.41, 5.74) is -5.48. The summed E-state index contributed by atoms with van der Waals surface area (Å²) in [5.74, 6) is -13.9. The molecule has 0 saturated heterocycles. The lowest BCUT2D eigenvalue weighted by atomic mass is 9.96. The highest BCUT2D eigenvalue weighted by Gasteiger charge is 2.41. The first-order chi connectivity index (χ1) is 16.1. The number of carbonyl (C=O) groups excluding carboxylic acids is 1. The highest BCUT2D eigenvalue weighted by atomic mass is 16.4. The monoisotopic (exact) mass is 530 g/mol. The molecule has 19 nitrogen and oxygen atoms in total. The Labute approximate surface area is 198 Å². The van der Waals surface area contributed by atoms with Gasteiger partial charge < -0.3 is 51.1 Å². The van der Waals surface area contributed by atoms with Crippen molar-refractivity contribution in [3.63, 3.8) is 0 Å². The van der Waals surface area contributed by atoms with Gasteiger partial charge in [0.05, 0.1) is 32.1 Å². The van der Waals surface area contributed by atoms with Gasteiger partial charge in [-0.1, -0.05) is 0 Å². The fourth-order valence-electron chi connectivity index (χ4n) is 1.76. The van der Waals surface area contributed by atoms with Gasteiger partial charge >= 0.3 is 47.8 Å². The highest BCUT2D eigenvalue weighted by molar-refractivity contribution is 6.32. The Morgan fingerprint density at radius 1 is 0.417 bits per heavy atom. The quantitative estimate of drug-likeness (QED) is 0.1000. The van der Waals surface area contributed by atoms with E-state index >= 15 is 0 Å². The summed E-state index contributed by atoms with van der Waals surface area (Å²) in [6.07, 6.45) is -5.44. The van der Waals surface area contributed by atoms with Crippen molar-refractivity contribution < 1.29 is 94.2 Å². The zero-order valence-corrected chi connectivity index (χ0v) is 17.9. The van der Waals surface area contributed by atoms with Crippen LogP contribution in [0.2, 0.25) is 0 Å². The SMILES string of the molecule is O=C(O)CC(O)(CC(=O)O)C(=O)O.O=C(O)CC(O)(CC(=O)O)C(=O)O.O=C(O)CCC(=O)C(=O)O. The summed E-state index contributed by atoms with van der Waals surface area (Å²) in [5, 5.41) is 83.6. The van der Waals surface area contributed by atoms with E-state index in [4.69, 9.17) is 51.1 Å². The first kappa shape index (κ1) is 35.9. The summed E-state index contributed by atoms with van der Waals surface area (Å²) < 4.78 is 0. The fourth-order valence-corrected chi connectivity index (χ4v) is 1.76. The van der Waals surface area contributed by atoms with E-state index in [2.05, 4.69) is 0 Å². The number of carboxylic acid groups (broad SMARTS) is 8. The van der Waals surface area contributed by atoms with Crippen LogP contribution in [0.25, 0.3) is 0 Å². The average molecular weight is 530 g/mol. The van der Waals surface area contributed by atoms with E-state index in [0.29, 0.717) is 0 Å². The molecule has 0 saturated carbocycles. The van der Waals surface area contributed by atoms with Crippen molar-refractivity contribution in [2.45, 2.75) is 49.7 Å². The first-order valence-electron chi connectivity index (χ1n) is 8.86. The number of Topliss-reactive ketones (excluding diaryl/α,β-unsaturated/α-hetero) is 1. The third-order valence-corrected chi connectivity index (χ3v) is 3.38. The second kappa shape index (κ2) is 16.1. The maximum Gasteiger partial charge on any atom is 0.372 e. The smallest absolute Gasteiger partial charge is 0.372 e. The zero-order chi connectivity index (χ0) is 29.4. The first-order valence-corrected chi connectivity index (χ1v) is 8.86. The van der Waals surface area contributed by atoms with Crippen molar-refractivity contribution in [2.75, 3.05) is 0 Å². The summed E-state index contributed by atoms with van der Waals surface area (Å²) in [6.45, 7) is 0. The molecule has 0 aromatic carbocycles. The number of carboxylic acids is 8. The van der Waals surface area contributed by atoms with Gasteiger partial charge in [-0.3, -0.25) is 28.8 Å². The zero-order valence-electron chi connectivity index (χ0n) is 17.9. The fraction of sp³-hybridized carbons (Fsp3) is 0.471. The van der Waals surface area contributed by atoms with Crippen LogP contribution in [0.4, 0.5) is 0 Å². The number of hydrogen-bond donors (Lipinski definition) is 10. The van der Waals surface area contributed by atoms with Crippen LogP contribution in [0.5, 0.6) is 0 Å². The van der Waals surface area contributed by atoms with Crippen molar-refractivity contribution in [3.8, 4) is 0 Å². The lowest BCUT2D eigenvalue weighted by Crippen LogP contribution is -2.42. The normalized spacial score (nSPS) is 10.3. The Balaban J connectivity index is -0.000000459. The maximum absolute atomic E-state index is 10.3. The van der Waals surface area contributed by atoms with Crippen molar-refractivity contribution >= 4 is 53.5 Å². The Hall–Kier alpha value is -4.65. The molecule has 204 valence electrons. The molecular formula is C17H22O19. The number of hydrogen-bond acceptors (Lipinski definition) is 11. The summed E-state index contributed by atoms with van der Waals surface area (Å²) in [7, 11) is 0. The second-order valence-electron chi connectivity index (χ2n) is 6.58. The number of carbonyl (C=O) groups is 9. The third-order valence-electron chi connectivity index (χ3n) is 3.38. The minimum Gasteiger partial charge on any atom is -0.481 e. The second-order valence-corrected chi connectivity index (χ2v) is 6.58. The molecule has 0 heterocycles. The van der Waals surface area contributed by atoms with Crippen molar-refractivity contribution in [1.82, 2.24) is 0 Å². The maximum atomic E-state index is 10.3.